The van der Waals surface area contributed by atoms with Gasteiger partial charge in [0.2, 0.25) is 0 Å². The highest BCUT2D eigenvalue weighted by atomic mass is 19.2. The van der Waals surface area contributed by atoms with E-state index >= 15 is 0 Å². The molecule has 0 rings (SSSR count). The number of hydrogen-bond acceptors (Lipinski definition) is 2. The molecule has 0 aromatic heterocycles. The Morgan fingerprint density at radius 2 is 1.71 bits per heavy atom. The second-order valence-electron chi connectivity index (χ2n) is 4.59. The monoisotopic (exact) mass is 247 g/mol. The van der Waals surface area contributed by atoms with E-state index in [-0.39, 0.29) is 18.1 Å². The van der Waals surface area contributed by atoms with Gasteiger partial charge in [0.05, 0.1) is 0 Å². The molecule has 0 aromatic rings. The lowest BCUT2D eigenvalue weighted by atomic mass is 10.1. The number of nitrogens with one attached hydrogen (secondary N) is 3. The maximum absolute atomic E-state index is 11.6. The average molecular weight is 247 g/mol. The van der Waals surface area contributed by atoms with Crippen molar-refractivity contribution in [2.24, 2.45) is 0 Å². The maximum Gasteiger partial charge on any atom is 0.315 e. The number of carbonyl (C=O) groups excluding carboxylic acids is 1. The van der Waals surface area contributed by atoms with E-state index in [1.165, 1.54) is 0 Å². The first kappa shape index (κ1) is 16.2. The van der Waals surface area contributed by atoms with Crippen molar-refractivity contribution in [1.29, 1.82) is 0 Å². The van der Waals surface area contributed by atoms with E-state index < -0.39 is 0 Å². The first-order valence-electron chi connectivity index (χ1n) is 6.50. The van der Waals surface area contributed by atoms with Gasteiger partial charge < -0.3 is 10.6 Å². The smallest absolute Gasteiger partial charge is 0.315 e. The third-order valence-corrected chi connectivity index (χ3v) is 2.64. The van der Waals surface area contributed by atoms with Crippen LogP contribution in [0.25, 0.3) is 0 Å². The lowest BCUT2D eigenvalue weighted by Crippen LogP contribution is -2.44. The Hall–Kier alpha value is -0.840. The highest BCUT2D eigenvalue weighted by Gasteiger charge is 2.09. The van der Waals surface area contributed by atoms with Gasteiger partial charge in [0.15, 0.2) is 0 Å². The molecule has 0 heterocycles. The molecule has 0 spiro atoms. The van der Waals surface area contributed by atoms with Gasteiger partial charge in [0.25, 0.3) is 0 Å². The fourth-order valence-electron chi connectivity index (χ4n) is 1.71. The minimum absolute atomic E-state index is 0.109. The molecule has 5 heteroatoms. The summed E-state index contributed by atoms with van der Waals surface area (Å²) in [5, 5.41) is 5.77. The molecular formula is C12H26FN3O. The predicted molar refractivity (Wildman–Crippen MR) is 68.5 cm³/mol. The van der Waals surface area contributed by atoms with Crippen LogP contribution in [0, 0.1) is 0 Å². The van der Waals surface area contributed by atoms with Crippen LogP contribution in [0.2, 0.25) is 0 Å². The summed E-state index contributed by atoms with van der Waals surface area (Å²) in [6.07, 6.45) is 4.62. The molecule has 0 saturated heterocycles. The molecule has 2 unspecified atom stereocenters. The summed E-state index contributed by atoms with van der Waals surface area (Å²) in [5.74, 6) is 0. The highest BCUT2D eigenvalue weighted by molar-refractivity contribution is 5.74. The lowest BCUT2D eigenvalue weighted by molar-refractivity contribution is 0.233. The van der Waals surface area contributed by atoms with Gasteiger partial charge in [-0.15, -0.1) is 4.48 Å². The van der Waals surface area contributed by atoms with Crippen LogP contribution in [0.5, 0.6) is 0 Å². The number of amides is 2. The van der Waals surface area contributed by atoms with Crippen molar-refractivity contribution in [3.63, 3.8) is 0 Å². The van der Waals surface area contributed by atoms with Crippen molar-refractivity contribution < 1.29 is 9.28 Å². The molecular weight excluding hydrogens is 221 g/mol. The average Bonchev–Trinajstić information content (AvgIpc) is 2.24. The number of halogens is 1. The Labute approximate surface area is 104 Å². The van der Waals surface area contributed by atoms with Gasteiger partial charge in [-0.25, -0.2) is 4.79 Å². The van der Waals surface area contributed by atoms with E-state index in [0.717, 1.165) is 32.1 Å². The Morgan fingerprint density at radius 3 is 2.24 bits per heavy atom. The van der Waals surface area contributed by atoms with E-state index in [9.17, 15) is 9.28 Å². The van der Waals surface area contributed by atoms with Gasteiger partial charge in [-0.2, -0.15) is 5.54 Å². The largest absolute Gasteiger partial charge is 0.336 e. The molecule has 17 heavy (non-hydrogen) atoms. The first-order chi connectivity index (χ1) is 8.10. The zero-order valence-corrected chi connectivity index (χ0v) is 11.2. The van der Waals surface area contributed by atoms with Crippen LogP contribution in [0.1, 0.15) is 52.9 Å². The van der Waals surface area contributed by atoms with Gasteiger partial charge in [0.1, 0.15) is 0 Å². The topological polar surface area (TPSA) is 53.2 Å². The summed E-state index contributed by atoms with van der Waals surface area (Å²) in [7, 11) is 0. The van der Waals surface area contributed by atoms with Gasteiger partial charge in [-0.1, -0.05) is 19.8 Å². The number of hydrogen-bond donors (Lipinski definition) is 3. The van der Waals surface area contributed by atoms with Crippen molar-refractivity contribution in [1.82, 2.24) is 16.2 Å². The second kappa shape index (κ2) is 10.3. The third-order valence-electron chi connectivity index (χ3n) is 2.64. The molecule has 0 aliphatic heterocycles. The van der Waals surface area contributed by atoms with Crippen molar-refractivity contribution >= 4 is 6.03 Å². The Kier molecular flexibility index (Phi) is 9.81. The van der Waals surface area contributed by atoms with E-state index in [1.54, 1.807) is 5.54 Å². The van der Waals surface area contributed by atoms with Crippen molar-refractivity contribution in [3.8, 4) is 0 Å². The Balaban J connectivity index is 3.58. The third kappa shape index (κ3) is 10.1. The molecule has 0 radical (unpaired) electrons. The summed E-state index contributed by atoms with van der Waals surface area (Å²) < 4.78 is 11.6. The Morgan fingerprint density at radius 1 is 1.12 bits per heavy atom. The summed E-state index contributed by atoms with van der Waals surface area (Å²) in [5.41, 5.74) is 1.62. The molecule has 2 atom stereocenters. The molecule has 0 saturated carbocycles. The summed E-state index contributed by atoms with van der Waals surface area (Å²) >= 11 is 0. The van der Waals surface area contributed by atoms with Gasteiger partial charge in [0, 0.05) is 18.6 Å². The molecule has 0 aliphatic carbocycles. The first-order valence-corrected chi connectivity index (χ1v) is 6.50. The number of unbranched alkanes of at least 4 members (excludes halogenated alkanes) is 1. The van der Waals surface area contributed by atoms with Crippen molar-refractivity contribution in [2.75, 3.05) is 6.54 Å². The van der Waals surface area contributed by atoms with Crippen molar-refractivity contribution in [2.45, 2.75) is 65.0 Å². The van der Waals surface area contributed by atoms with Gasteiger partial charge in [-0.05, 0) is 33.1 Å². The van der Waals surface area contributed by atoms with E-state index in [4.69, 9.17) is 0 Å². The van der Waals surface area contributed by atoms with Crippen LogP contribution in [0.3, 0.4) is 0 Å². The van der Waals surface area contributed by atoms with Crippen LogP contribution in [0.15, 0.2) is 0 Å². The van der Waals surface area contributed by atoms with E-state index in [1.807, 2.05) is 13.8 Å². The van der Waals surface area contributed by atoms with Crippen molar-refractivity contribution in [3.05, 3.63) is 0 Å². The van der Waals surface area contributed by atoms with Crippen LogP contribution in [-0.4, -0.2) is 24.7 Å². The zero-order valence-electron chi connectivity index (χ0n) is 11.2. The molecule has 0 aliphatic rings. The standard InChI is InChI=1S/C12H26FN3O/c1-4-7-10(2)15-12(17)16-11(3)8-5-6-9-14-13/h10-11,14H,4-9H2,1-3H3,(H2,15,16,17). The van der Waals surface area contributed by atoms with Crippen LogP contribution in [0.4, 0.5) is 9.28 Å². The summed E-state index contributed by atoms with van der Waals surface area (Å²) in [4.78, 5) is 11.5. The van der Waals surface area contributed by atoms with Crippen LogP contribution in [-0.2, 0) is 0 Å². The minimum Gasteiger partial charge on any atom is -0.336 e. The molecule has 4 nitrogen and oxygen atoms in total. The summed E-state index contributed by atoms with van der Waals surface area (Å²) in [6, 6.07) is 0.230. The predicted octanol–water partition coefficient (Wildman–Crippen LogP) is 2.51. The second-order valence-corrected chi connectivity index (χ2v) is 4.59. The Bertz CT molecular complexity index is 202. The zero-order chi connectivity index (χ0) is 13.1. The van der Waals surface area contributed by atoms with Gasteiger partial charge in [-0.3, -0.25) is 0 Å². The number of urea groups is 1. The SMILES string of the molecule is CCCC(C)NC(=O)NC(C)CCCCNF. The lowest BCUT2D eigenvalue weighted by Gasteiger charge is -2.17. The number of carbonyl (C=O) groups is 1. The quantitative estimate of drug-likeness (QED) is 0.433. The molecule has 0 bridgehead atoms. The number of rotatable bonds is 9. The minimum atomic E-state index is -0.109. The molecule has 0 aromatic carbocycles. The van der Waals surface area contributed by atoms with Crippen LogP contribution >= 0.6 is 0 Å². The fourth-order valence-corrected chi connectivity index (χ4v) is 1.71. The normalized spacial score (nSPS) is 14.1. The van der Waals surface area contributed by atoms with Crippen LogP contribution < -0.4 is 16.2 Å². The molecule has 102 valence electrons. The van der Waals surface area contributed by atoms with Gasteiger partial charge >= 0.3 is 6.03 Å². The molecule has 3 N–H and O–H groups in total. The fraction of sp³-hybridized carbons (Fsp3) is 0.917. The summed E-state index contributed by atoms with van der Waals surface area (Å²) in [6.45, 7) is 6.44. The molecule has 0 fully saturated rings. The maximum atomic E-state index is 11.6. The van der Waals surface area contributed by atoms with E-state index in [2.05, 4.69) is 17.6 Å². The molecule has 2 amide bonds. The highest BCUT2D eigenvalue weighted by Crippen LogP contribution is 2.00. The van der Waals surface area contributed by atoms with E-state index in [0.29, 0.717) is 6.54 Å².